The van der Waals surface area contributed by atoms with Gasteiger partial charge in [-0.2, -0.15) is 0 Å². The lowest BCUT2D eigenvalue weighted by Gasteiger charge is -2.33. The third-order valence-electron chi connectivity index (χ3n) is 6.72. The number of nitrogens with zero attached hydrogens (tertiary/aromatic N) is 3. The maximum Gasteiger partial charge on any atom is 0.273 e. The number of hydrogen-bond donors (Lipinski definition) is 1. The Kier molecular flexibility index (Phi) is 10.4. The van der Waals surface area contributed by atoms with Gasteiger partial charge < -0.3 is 15.0 Å². The van der Waals surface area contributed by atoms with E-state index in [1.54, 1.807) is 19.1 Å². The summed E-state index contributed by atoms with van der Waals surface area (Å²) >= 11 is 0. The number of benzene rings is 3. The van der Waals surface area contributed by atoms with E-state index < -0.39 is 33.4 Å². The number of nitrogens with one attached hydrogen (secondary N) is 1. The highest BCUT2D eigenvalue weighted by atomic mass is 32.2. The van der Waals surface area contributed by atoms with Crippen molar-refractivity contribution in [3.63, 3.8) is 0 Å². The van der Waals surface area contributed by atoms with E-state index in [9.17, 15) is 28.1 Å². The van der Waals surface area contributed by atoms with E-state index >= 15 is 0 Å². The number of aryl methyl sites for hydroxylation is 1. The minimum atomic E-state index is -4.46. The van der Waals surface area contributed by atoms with Crippen molar-refractivity contribution in [2.24, 2.45) is 0 Å². The molecule has 0 aliphatic heterocycles. The van der Waals surface area contributed by atoms with Gasteiger partial charge in [-0.1, -0.05) is 43.3 Å². The molecule has 1 N–H and O–H groups in total. The predicted octanol–water partition coefficient (Wildman–Crippen LogP) is 3.70. The number of nitro groups is 1. The van der Waals surface area contributed by atoms with Gasteiger partial charge in [0.1, 0.15) is 18.3 Å². The minimum Gasteiger partial charge on any atom is -0.497 e. The molecule has 0 fully saturated rings. The molecule has 0 aromatic heterocycles. The highest BCUT2D eigenvalue weighted by Gasteiger charge is 2.34. The number of sulfonamides is 1. The van der Waals surface area contributed by atoms with Gasteiger partial charge in [0.25, 0.3) is 15.7 Å². The Balaban J connectivity index is 2.07. The van der Waals surface area contributed by atoms with Gasteiger partial charge in [-0.3, -0.25) is 24.0 Å². The molecule has 0 aliphatic rings. The van der Waals surface area contributed by atoms with E-state index in [1.165, 1.54) is 50.2 Å². The number of hydrogen-bond acceptors (Lipinski definition) is 7. The highest BCUT2D eigenvalue weighted by molar-refractivity contribution is 7.92. The fourth-order valence-corrected chi connectivity index (χ4v) is 5.85. The second kappa shape index (κ2) is 13.8. The number of likely N-dealkylation sites (N-methyl/N-ethyl adjacent to an activating group) is 1. The lowest BCUT2D eigenvalue weighted by atomic mass is 10.1. The van der Waals surface area contributed by atoms with Crippen LogP contribution in [0.25, 0.3) is 0 Å². The van der Waals surface area contributed by atoms with E-state index in [0.717, 1.165) is 15.9 Å². The second-order valence-electron chi connectivity index (χ2n) is 9.28. The molecular formula is C29H34N4O7S. The van der Waals surface area contributed by atoms with Gasteiger partial charge in [-0.05, 0) is 55.7 Å². The number of methoxy groups -OCH3 is 1. The Morgan fingerprint density at radius 2 is 1.71 bits per heavy atom. The van der Waals surface area contributed by atoms with Gasteiger partial charge in [-0.25, -0.2) is 8.42 Å². The zero-order valence-corrected chi connectivity index (χ0v) is 24.3. The maximum absolute atomic E-state index is 14.0. The molecule has 0 heterocycles. The molecule has 0 spiro atoms. The Morgan fingerprint density at radius 3 is 2.27 bits per heavy atom. The summed E-state index contributed by atoms with van der Waals surface area (Å²) < 4.78 is 34.0. The van der Waals surface area contributed by atoms with Crippen LogP contribution >= 0.6 is 0 Å². The molecule has 0 bridgehead atoms. The number of rotatable bonds is 13. The monoisotopic (exact) mass is 582 g/mol. The maximum atomic E-state index is 14.0. The number of anilines is 1. The lowest BCUT2D eigenvalue weighted by molar-refractivity contribution is -0.385. The van der Waals surface area contributed by atoms with Crippen LogP contribution in [0.3, 0.4) is 0 Å². The SMILES string of the molecule is CC[C@H](C(=O)NC)N(CCc1ccccc1)C(=O)CN(c1ccc(OC)cc1)S(=O)(=O)c1ccc(C)c([N+](=O)[O-])c1. The fourth-order valence-electron chi connectivity index (χ4n) is 4.41. The number of carbonyl (C=O) groups excluding carboxylic acids is 2. The van der Waals surface area contributed by atoms with Crippen molar-refractivity contribution in [3.8, 4) is 5.75 Å². The van der Waals surface area contributed by atoms with E-state index in [0.29, 0.717) is 24.2 Å². The number of nitro benzene ring substituents is 1. The van der Waals surface area contributed by atoms with Crippen molar-refractivity contribution < 1.29 is 27.7 Å². The molecule has 0 unspecified atom stereocenters. The van der Waals surface area contributed by atoms with Crippen molar-refractivity contribution >= 4 is 33.2 Å². The normalized spacial score (nSPS) is 11.8. The number of ether oxygens (including phenoxy) is 1. The van der Waals surface area contributed by atoms with Gasteiger partial charge in [0.05, 0.1) is 22.6 Å². The largest absolute Gasteiger partial charge is 0.497 e. The van der Waals surface area contributed by atoms with Crippen molar-refractivity contribution in [2.45, 2.75) is 37.6 Å². The third-order valence-corrected chi connectivity index (χ3v) is 8.49. The van der Waals surface area contributed by atoms with Gasteiger partial charge in [0.2, 0.25) is 11.8 Å². The Bertz CT molecular complexity index is 1480. The van der Waals surface area contributed by atoms with E-state index in [4.69, 9.17) is 4.74 Å². The summed E-state index contributed by atoms with van der Waals surface area (Å²) in [6.45, 7) is 2.81. The Hall–Kier alpha value is -4.45. The fraction of sp³-hybridized carbons (Fsp3) is 0.310. The molecule has 3 aromatic rings. The number of carbonyl (C=O) groups is 2. The first-order valence-corrected chi connectivity index (χ1v) is 14.4. The smallest absolute Gasteiger partial charge is 0.273 e. The third kappa shape index (κ3) is 7.40. The van der Waals surface area contributed by atoms with Crippen LogP contribution in [-0.2, 0) is 26.0 Å². The quantitative estimate of drug-likeness (QED) is 0.239. The average molecular weight is 583 g/mol. The zero-order valence-electron chi connectivity index (χ0n) is 23.4. The Morgan fingerprint density at radius 1 is 1.05 bits per heavy atom. The molecular weight excluding hydrogens is 548 g/mol. The molecule has 0 radical (unpaired) electrons. The van der Waals surface area contributed by atoms with Crippen molar-refractivity contribution in [3.05, 3.63) is 94.0 Å². The highest BCUT2D eigenvalue weighted by Crippen LogP contribution is 2.29. The molecule has 2 amide bonds. The molecule has 218 valence electrons. The molecule has 0 saturated carbocycles. The van der Waals surface area contributed by atoms with Gasteiger partial charge in [0, 0.05) is 25.2 Å². The first-order valence-electron chi connectivity index (χ1n) is 13.0. The summed E-state index contributed by atoms with van der Waals surface area (Å²) in [6, 6.07) is 18.3. The summed E-state index contributed by atoms with van der Waals surface area (Å²) in [6.07, 6.45) is 0.749. The first-order chi connectivity index (χ1) is 19.5. The van der Waals surface area contributed by atoms with Gasteiger partial charge >= 0.3 is 0 Å². The molecule has 41 heavy (non-hydrogen) atoms. The van der Waals surface area contributed by atoms with Crippen LogP contribution in [0.15, 0.2) is 77.7 Å². The molecule has 0 aliphatic carbocycles. The molecule has 3 rings (SSSR count). The van der Waals surface area contributed by atoms with Crippen molar-refractivity contribution in [2.75, 3.05) is 31.6 Å². The zero-order chi connectivity index (χ0) is 30.2. The average Bonchev–Trinajstić information content (AvgIpc) is 2.98. The van der Waals surface area contributed by atoms with Crippen LogP contribution in [0, 0.1) is 17.0 Å². The van der Waals surface area contributed by atoms with Crippen LogP contribution in [0.5, 0.6) is 5.75 Å². The van der Waals surface area contributed by atoms with Crippen LogP contribution in [0.2, 0.25) is 0 Å². The standard InChI is InChI=1S/C29H34N4O7S/c1-5-26(29(35)30-3)31(18-17-22-9-7-6-8-10-22)28(34)20-32(23-12-14-24(40-4)15-13-23)41(38,39)25-16-11-21(2)27(19-25)33(36)37/h6-16,19,26H,5,17-18,20H2,1-4H3,(H,30,35)/t26-/m1/s1. The lowest BCUT2D eigenvalue weighted by Crippen LogP contribution is -2.52. The summed E-state index contributed by atoms with van der Waals surface area (Å²) in [5.74, 6) is -0.502. The van der Waals surface area contributed by atoms with Crippen LogP contribution < -0.4 is 14.4 Å². The van der Waals surface area contributed by atoms with Crippen LogP contribution in [0.4, 0.5) is 11.4 Å². The molecule has 3 aromatic carbocycles. The molecule has 12 heteroatoms. The van der Waals surface area contributed by atoms with E-state index in [1.807, 2.05) is 30.3 Å². The summed E-state index contributed by atoms with van der Waals surface area (Å²) in [7, 11) is -1.52. The van der Waals surface area contributed by atoms with Gasteiger partial charge in [-0.15, -0.1) is 0 Å². The molecule has 1 atom stereocenters. The first kappa shape index (κ1) is 31.1. The van der Waals surface area contributed by atoms with Crippen molar-refractivity contribution in [1.82, 2.24) is 10.2 Å². The second-order valence-corrected chi connectivity index (χ2v) is 11.1. The van der Waals surface area contributed by atoms with Crippen molar-refractivity contribution in [1.29, 1.82) is 0 Å². The predicted molar refractivity (Wildman–Crippen MR) is 155 cm³/mol. The van der Waals surface area contributed by atoms with Crippen LogP contribution in [0.1, 0.15) is 24.5 Å². The molecule has 11 nitrogen and oxygen atoms in total. The topological polar surface area (TPSA) is 139 Å². The molecule has 0 saturated heterocycles. The van der Waals surface area contributed by atoms with E-state index in [2.05, 4.69) is 5.32 Å². The van der Waals surface area contributed by atoms with E-state index in [-0.39, 0.29) is 28.7 Å². The minimum absolute atomic E-state index is 0.151. The summed E-state index contributed by atoms with van der Waals surface area (Å²) in [4.78, 5) is 38.6. The number of amides is 2. The summed E-state index contributed by atoms with van der Waals surface area (Å²) in [5, 5.41) is 14.1. The van der Waals surface area contributed by atoms with Crippen LogP contribution in [-0.4, -0.2) is 63.3 Å². The van der Waals surface area contributed by atoms with Gasteiger partial charge in [0.15, 0.2) is 0 Å². The summed E-state index contributed by atoms with van der Waals surface area (Å²) in [5.41, 5.74) is 1.04. The Labute approximate surface area is 239 Å².